The normalized spacial score (nSPS) is 17.8. The Morgan fingerprint density at radius 2 is 1.44 bits per heavy atom. The third-order valence-electron chi connectivity index (χ3n) is 11.3. The highest BCUT2D eigenvalue weighted by Crippen LogP contribution is 2.34. The maximum atomic E-state index is 14.8. The highest BCUT2D eigenvalue weighted by molar-refractivity contribution is 5.94. The Morgan fingerprint density at radius 1 is 0.814 bits per heavy atom. The number of carbonyl (C=O) groups excluding carboxylic acids is 4. The molecule has 1 aliphatic carbocycles. The number of nitrogens with zero attached hydrogens (tertiary/aromatic N) is 4. The lowest BCUT2D eigenvalue weighted by molar-refractivity contribution is -0.141. The van der Waals surface area contributed by atoms with E-state index in [0.29, 0.717) is 43.6 Å². The van der Waals surface area contributed by atoms with Crippen LogP contribution >= 0.6 is 0 Å². The molecule has 2 aliphatic rings. The lowest BCUT2D eigenvalue weighted by Crippen LogP contribution is -2.56. The number of rotatable bonds is 19. The summed E-state index contributed by atoms with van der Waals surface area (Å²) in [5.41, 5.74) is 4.26. The molecule has 0 spiro atoms. The van der Waals surface area contributed by atoms with Crippen LogP contribution in [0.5, 0.6) is 0 Å². The van der Waals surface area contributed by atoms with E-state index in [1.54, 1.807) is 9.70 Å². The molecule has 59 heavy (non-hydrogen) atoms. The maximum absolute atomic E-state index is 14.8. The van der Waals surface area contributed by atoms with Crippen LogP contribution in [0.3, 0.4) is 0 Å². The molecule has 1 saturated carbocycles. The first-order valence-corrected chi connectivity index (χ1v) is 21.4. The summed E-state index contributed by atoms with van der Waals surface area (Å²) < 4.78 is 5.75. The first-order chi connectivity index (χ1) is 28.8. The number of carbonyl (C=O) groups is 4. The highest BCUT2D eigenvalue weighted by Gasteiger charge is 2.44. The standard InChI is InChI=1S/C47H59N7O5/c1-3-5-6-7-8-18-29-40(50-47(58)59-38-27-19-20-28-38)46(57)53-33-37(54-51-42(35-23-14-10-15-24-35)43(52-54)36-25-16-11-17-26-36)32-41(53)45(56)49-39(4-2)44(55)48-31-30-34-21-12-9-13-22-34/h3,5,9-17,21-26,37-41H,4,6-8,18-20,27-33H2,1-2H3,(H,48,55)(H,49,56)(H,50,58)/b5-3-/t37-,39+,40+,41+/m1/s1. The Labute approximate surface area is 348 Å². The number of nitrogens with one attached hydrogen (secondary N) is 3. The summed E-state index contributed by atoms with van der Waals surface area (Å²) in [7, 11) is 0. The molecule has 1 aliphatic heterocycles. The summed E-state index contributed by atoms with van der Waals surface area (Å²) in [6, 6.07) is 26.4. The number of hydrogen-bond donors (Lipinski definition) is 3. The average Bonchev–Trinajstić information content (AvgIpc) is 4.05. The minimum absolute atomic E-state index is 0.130. The largest absolute Gasteiger partial charge is 0.446 e. The SMILES string of the molecule is C/C=C\CCCCC[C@H](NC(=O)OC1CCCC1)C(=O)N1C[C@H](n2nc(-c3ccccc3)c(-c3ccccc3)n2)C[C@H]1C(=O)N[C@@H](CC)C(=O)NCCc1ccccc1. The molecular weight excluding hydrogens is 743 g/mol. The Morgan fingerprint density at radius 3 is 2.05 bits per heavy atom. The third kappa shape index (κ3) is 11.9. The summed E-state index contributed by atoms with van der Waals surface area (Å²) >= 11 is 0. The summed E-state index contributed by atoms with van der Waals surface area (Å²) in [4.78, 5) is 59.1. The maximum Gasteiger partial charge on any atom is 0.408 e. The van der Waals surface area contributed by atoms with Gasteiger partial charge < -0.3 is 25.6 Å². The number of likely N-dealkylation sites (tertiary alicyclic amines) is 1. The van der Waals surface area contributed by atoms with Crippen LogP contribution in [0.25, 0.3) is 22.5 Å². The van der Waals surface area contributed by atoms with Crippen molar-refractivity contribution in [3.8, 4) is 22.5 Å². The molecule has 12 heteroatoms. The van der Waals surface area contributed by atoms with E-state index in [1.165, 1.54) is 0 Å². The van der Waals surface area contributed by atoms with Crippen LogP contribution in [-0.4, -0.2) is 81.0 Å². The number of ether oxygens (including phenoxy) is 1. The van der Waals surface area contributed by atoms with Crippen molar-refractivity contribution in [2.45, 2.75) is 121 Å². The van der Waals surface area contributed by atoms with Crippen LogP contribution in [0.4, 0.5) is 4.79 Å². The van der Waals surface area contributed by atoms with Gasteiger partial charge in [0.2, 0.25) is 17.7 Å². The molecule has 2 fully saturated rings. The van der Waals surface area contributed by atoms with Crippen molar-refractivity contribution in [3.05, 3.63) is 109 Å². The second-order valence-electron chi connectivity index (χ2n) is 15.6. The average molecular weight is 802 g/mol. The quantitative estimate of drug-likeness (QED) is 0.0655. The lowest BCUT2D eigenvalue weighted by atomic mass is 10.0. The van der Waals surface area contributed by atoms with Crippen LogP contribution in [-0.2, 0) is 25.5 Å². The Bertz CT molecular complexity index is 1920. The molecule has 4 atom stereocenters. The third-order valence-corrected chi connectivity index (χ3v) is 11.3. The topological polar surface area (TPSA) is 148 Å². The highest BCUT2D eigenvalue weighted by atomic mass is 16.6. The Balaban J connectivity index is 1.26. The summed E-state index contributed by atoms with van der Waals surface area (Å²) in [5, 5.41) is 18.8. The van der Waals surface area contributed by atoms with E-state index in [9.17, 15) is 19.2 Å². The van der Waals surface area contributed by atoms with Gasteiger partial charge in [0, 0.05) is 30.6 Å². The van der Waals surface area contributed by atoms with Crippen molar-refractivity contribution < 1.29 is 23.9 Å². The second-order valence-corrected chi connectivity index (χ2v) is 15.6. The molecule has 0 radical (unpaired) electrons. The molecule has 3 aromatic carbocycles. The van der Waals surface area contributed by atoms with E-state index in [-0.39, 0.29) is 30.9 Å². The van der Waals surface area contributed by atoms with Crippen LogP contribution in [0.15, 0.2) is 103 Å². The summed E-state index contributed by atoms with van der Waals surface area (Å²) in [6.45, 7) is 4.39. The molecule has 1 aromatic heterocycles. The Hall–Kier alpha value is -5.78. The van der Waals surface area contributed by atoms with Gasteiger partial charge in [-0.05, 0) is 70.3 Å². The van der Waals surface area contributed by atoms with E-state index in [1.807, 2.05) is 111 Å². The van der Waals surface area contributed by atoms with Gasteiger partial charge >= 0.3 is 6.09 Å². The van der Waals surface area contributed by atoms with E-state index < -0.39 is 36.2 Å². The van der Waals surface area contributed by atoms with E-state index >= 15 is 0 Å². The molecule has 0 unspecified atom stereocenters. The molecule has 6 rings (SSSR count). The smallest absolute Gasteiger partial charge is 0.408 e. The summed E-state index contributed by atoms with van der Waals surface area (Å²) in [5.74, 6) is -1.10. The van der Waals surface area contributed by atoms with Gasteiger partial charge in [-0.1, -0.05) is 123 Å². The van der Waals surface area contributed by atoms with Gasteiger partial charge in [0.1, 0.15) is 35.6 Å². The van der Waals surface area contributed by atoms with Crippen molar-refractivity contribution in [2.24, 2.45) is 0 Å². The number of alkyl carbamates (subject to hydrolysis) is 1. The molecule has 4 aromatic rings. The van der Waals surface area contributed by atoms with Crippen molar-refractivity contribution in [3.63, 3.8) is 0 Å². The molecule has 2 heterocycles. The number of benzene rings is 3. The van der Waals surface area contributed by atoms with E-state index in [2.05, 4.69) is 22.0 Å². The number of hydrogen-bond acceptors (Lipinski definition) is 7. The van der Waals surface area contributed by atoms with Gasteiger partial charge in [-0.25, -0.2) is 4.79 Å². The van der Waals surface area contributed by atoms with Crippen LogP contribution in [0, 0.1) is 0 Å². The molecule has 312 valence electrons. The van der Waals surface area contributed by atoms with E-state index in [4.69, 9.17) is 14.9 Å². The van der Waals surface area contributed by atoms with Crippen LogP contribution in [0.2, 0.25) is 0 Å². The molecule has 1 saturated heterocycles. The predicted octanol–water partition coefficient (Wildman–Crippen LogP) is 7.57. The van der Waals surface area contributed by atoms with Gasteiger partial charge in [0.15, 0.2) is 0 Å². The fraction of sp³-hybridized carbons (Fsp3) is 0.447. The zero-order valence-corrected chi connectivity index (χ0v) is 34.4. The minimum atomic E-state index is -0.949. The fourth-order valence-corrected chi connectivity index (χ4v) is 8.00. The summed E-state index contributed by atoms with van der Waals surface area (Å²) in [6.07, 6.45) is 12.1. The van der Waals surface area contributed by atoms with Crippen molar-refractivity contribution in [1.29, 1.82) is 0 Å². The zero-order valence-electron chi connectivity index (χ0n) is 34.4. The first kappa shape index (κ1) is 42.8. The second kappa shape index (κ2) is 21.8. The van der Waals surface area contributed by atoms with Gasteiger partial charge in [0.05, 0.1) is 6.04 Å². The van der Waals surface area contributed by atoms with Gasteiger partial charge in [-0.3, -0.25) is 14.4 Å². The van der Waals surface area contributed by atoms with Gasteiger partial charge in [-0.15, -0.1) is 0 Å². The number of aromatic nitrogens is 3. The van der Waals surface area contributed by atoms with Gasteiger partial charge in [0.25, 0.3) is 0 Å². The zero-order chi connectivity index (χ0) is 41.4. The minimum Gasteiger partial charge on any atom is -0.446 e. The van der Waals surface area contributed by atoms with Crippen molar-refractivity contribution in [2.75, 3.05) is 13.1 Å². The first-order valence-electron chi connectivity index (χ1n) is 21.4. The van der Waals surface area contributed by atoms with Crippen LogP contribution < -0.4 is 16.0 Å². The van der Waals surface area contributed by atoms with Gasteiger partial charge in [-0.2, -0.15) is 15.0 Å². The predicted molar refractivity (Wildman–Crippen MR) is 229 cm³/mol. The monoisotopic (exact) mass is 801 g/mol. The molecule has 12 nitrogen and oxygen atoms in total. The number of allylic oxidation sites excluding steroid dienone is 2. The lowest BCUT2D eigenvalue weighted by Gasteiger charge is -2.29. The molecule has 4 amide bonds. The molecule has 0 bridgehead atoms. The van der Waals surface area contributed by atoms with E-state index in [0.717, 1.165) is 61.6 Å². The van der Waals surface area contributed by atoms with Crippen LogP contribution in [0.1, 0.15) is 96.1 Å². The molecular formula is C47H59N7O5. The Kier molecular flexibility index (Phi) is 15.8. The molecule has 3 N–H and O–H groups in total. The fourth-order valence-electron chi connectivity index (χ4n) is 8.00. The van der Waals surface area contributed by atoms with Crippen molar-refractivity contribution in [1.82, 2.24) is 35.8 Å². The van der Waals surface area contributed by atoms with Crippen molar-refractivity contribution >= 4 is 23.8 Å². The number of unbranched alkanes of at least 4 members (excludes halogenated alkanes) is 3. The number of amides is 4.